The van der Waals surface area contributed by atoms with Crippen LogP contribution in [-0.2, 0) is 16.8 Å². The van der Waals surface area contributed by atoms with Gasteiger partial charge in [-0.1, -0.05) is 20.8 Å². The SMILES string of the molecule is CCN(CC)C(=O)CN(C)Cc1ncc(C(C)(C)C)o1. The van der Waals surface area contributed by atoms with E-state index in [1.54, 1.807) is 6.20 Å². The van der Waals surface area contributed by atoms with Crippen LogP contribution in [0.1, 0.15) is 46.3 Å². The van der Waals surface area contributed by atoms with Crippen molar-refractivity contribution in [2.75, 3.05) is 26.7 Å². The van der Waals surface area contributed by atoms with Crippen LogP contribution in [0.15, 0.2) is 10.6 Å². The molecule has 0 unspecified atom stereocenters. The van der Waals surface area contributed by atoms with E-state index in [1.165, 1.54) is 0 Å². The highest BCUT2D eigenvalue weighted by Crippen LogP contribution is 2.22. The molecule has 5 heteroatoms. The predicted octanol–water partition coefficient (Wildman–Crippen LogP) is 2.27. The second-order valence-electron chi connectivity index (χ2n) is 6.11. The number of oxazole rings is 1. The topological polar surface area (TPSA) is 49.6 Å². The lowest BCUT2D eigenvalue weighted by Crippen LogP contribution is -2.38. The van der Waals surface area contributed by atoms with Crippen molar-refractivity contribution in [1.82, 2.24) is 14.8 Å². The average Bonchev–Trinajstić information content (AvgIpc) is 2.78. The first-order valence-electron chi connectivity index (χ1n) is 7.19. The van der Waals surface area contributed by atoms with E-state index in [4.69, 9.17) is 4.42 Å². The highest BCUT2D eigenvalue weighted by Gasteiger charge is 2.20. The lowest BCUT2D eigenvalue weighted by atomic mass is 9.94. The minimum absolute atomic E-state index is 0.0408. The van der Waals surface area contributed by atoms with Gasteiger partial charge in [0.1, 0.15) is 5.76 Å². The molecule has 1 aromatic rings. The maximum atomic E-state index is 12.0. The molecule has 0 spiro atoms. The molecule has 5 nitrogen and oxygen atoms in total. The van der Waals surface area contributed by atoms with Crippen LogP contribution < -0.4 is 0 Å². The molecule has 1 rings (SSSR count). The minimum Gasteiger partial charge on any atom is -0.444 e. The Kier molecular flexibility index (Phi) is 5.74. The molecule has 1 amide bonds. The Balaban J connectivity index is 2.56. The van der Waals surface area contributed by atoms with E-state index in [0.29, 0.717) is 19.0 Å². The Morgan fingerprint density at radius 1 is 1.30 bits per heavy atom. The van der Waals surface area contributed by atoms with Gasteiger partial charge in [-0.3, -0.25) is 9.69 Å². The molecule has 0 aromatic carbocycles. The van der Waals surface area contributed by atoms with Crippen molar-refractivity contribution in [3.05, 3.63) is 17.8 Å². The number of hydrogen-bond donors (Lipinski definition) is 0. The lowest BCUT2D eigenvalue weighted by Gasteiger charge is -2.22. The normalized spacial score (nSPS) is 11.9. The highest BCUT2D eigenvalue weighted by molar-refractivity contribution is 5.78. The summed E-state index contributed by atoms with van der Waals surface area (Å²) < 4.78 is 5.74. The Morgan fingerprint density at radius 3 is 2.35 bits per heavy atom. The van der Waals surface area contributed by atoms with Gasteiger partial charge in [-0.2, -0.15) is 0 Å². The number of amides is 1. The summed E-state index contributed by atoms with van der Waals surface area (Å²) in [7, 11) is 1.91. The fraction of sp³-hybridized carbons (Fsp3) is 0.733. The Labute approximate surface area is 122 Å². The number of hydrogen-bond acceptors (Lipinski definition) is 4. The summed E-state index contributed by atoms with van der Waals surface area (Å²) in [4.78, 5) is 20.0. The molecule has 114 valence electrons. The van der Waals surface area contributed by atoms with Crippen LogP contribution in [0, 0.1) is 0 Å². The van der Waals surface area contributed by atoms with E-state index in [-0.39, 0.29) is 11.3 Å². The number of carbonyl (C=O) groups excluding carboxylic acids is 1. The summed E-state index contributed by atoms with van der Waals surface area (Å²) >= 11 is 0. The summed E-state index contributed by atoms with van der Waals surface area (Å²) in [6, 6.07) is 0. The molecule has 1 heterocycles. The van der Waals surface area contributed by atoms with Gasteiger partial charge in [-0.05, 0) is 20.9 Å². The lowest BCUT2D eigenvalue weighted by molar-refractivity contribution is -0.131. The minimum atomic E-state index is -0.0408. The fourth-order valence-electron chi connectivity index (χ4n) is 1.92. The number of carbonyl (C=O) groups is 1. The smallest absolute Gasteiger partial charge is 0.236 e. The van der Waals surface area contributed by atoms with Crippen molar-refractivity contribution in [3.63, 3.8) is 0 Å². The zero-order valence-corrected chi connectivity index (χ0v) is 13.6. The molecule has 0 atom stereocenters. The number of nitrogens with zero attached hydrogens (tertiary/aromatic N) is 3. The van der Waals surface area contributed by atoms with Crippen LogP contribution in [0.2, 0.25) is 0 Å². The molecule has 0 bridgehead atoms. The van der Waals surface area contributed by atoms with Gasteiger partial charge in [-0.25, -0.2) is 4.98 Å². The predicted molar refractivity (Wildman–Crippen MR) is 79.5 cm³/mol. The molecule has 0 N–H and O–H groups in total. The Hall–Kier alpha value is -1.36. The van der Waals surface area contributed by atoms with Crippen LogP contribution in [0.5, 0.6) is 0 Å². The largest absolute Gasteiger partial charge is 0.444 e. The molecule has 0 aliphatic rings. The van der Waals surface area contributed by atoms with Crippen molar-refractivity contribution in [2.45, 2.75) is 46.6 Å². The summed E-state index contributed by atoms with van der Waals surface area (Å²) in [5.74, 6) is 1.67. The zero-order chi connectivity index (χ0) is 15.3. The average molecular weight is 281 g/mol. The van der Waals surface area contributed by atoms with Crippen molar-refractivity contribution in [3.8, 4) is 0 Å². The van der Waals surface area contributed by atoms with E-state index >= 15 is 0 Å². The third-order valence-corrected chi connectivity index (χ3v) is 3.22. The highest BCUT2D eigenvalue weighted by atomic mass is 16.4. The van der Waals surface area contributed by atoms with Gasteiger partial charge in [0.25, 0.3) is 0 Å². The third kappa shape index (κ3) is 4.63. The first-order chi connectivity index (χ1) is 9.27. The van der Waals surface area contributed by atoms with E-state index in [1.807, 2.05) is 30.7 Å². The van der Waals surface area contributed by atoms with Crippen LogP contribution in [0.25, 0.3) is 0 Å². The first kappa shape index (κ1) is 16.7. The fourth-order valence-corrected chi connectivity index (χ4v) is 1.92. The van der Waals surface area contributed by atoms with Crippen LogP contribution >= 0.6 is 0 Å². The molecule has 1 aromatic heterocycles. The van der Waals surface area contributed by atoms with Gasteiger partial charge in [0, 0.05) is 18.5 Å². The van der Waals surface area contributed by atoms with Crippen molar-refractivity contribution >= 4 is 5.91 Å². The second kappa shape index (κ2) is 6.88. The van der Waals surface area contributed by atoms with E-state index < -0.39 is 0 Å². The molecule has 0 aliphatic heterocycles. The monoisotopic (exact) mass is 281 g/mol. The summed E-state index contributed by atoms with van der Waals surface area (Å²) in [6.45, 7) is 12.7. The molecule has 0 fully saturated rings. The maximum Gasteiger partial charge on any atom is 0.236 e. The third-order valence-electron chi connectivity index (χ3n) is 3.22. The molecule has 0 saturated carbocycles. The molecule has 0 saturated heterocycles. The Morgan fingerprint density at radius 2 is 1.90 bits per heavy atom. The molecular formula is C15H27N3O2. The van der Waals surface area contributed by atoms with Crippen molar-refractivity contribution in [1.29, 1.82) is 0 Å². The summed E-state index contributed by atoms with van der Waals surface area (Å²) in [5, 5.41) is 0. The number of rotatable bonds is 6. The standard InChI is InChI=1S/C15H27N3O2/c1-7-18(8-2)14(19)11-17(6)10-13-16-9-12(20-13)15(3,4)5/h9H,7-8,10-11H2,1-6H3. The van der Waals surface area contributed by atoms with Crippen molar-refractivity contribution in [2.24, 2.45) is 0 Å². The molecule has 0 aliphatic carbocycles. The maximum absolute atomic E-state index is 12.0. The number of aromatic nitrogens is 1. The summed E-state index contributed by atoms with van der Waals surface area (Å²) in [6.07, 6.45) is 1.77. The number of likely N-dealkylation sites (N-methyl/N-ethyl adjacent to an activating group) is 2. The quantitative estimate of drug-likeness (QED) is 0.802. The zero-order valence-electron chi connectivity index (χ0n) is 13.6. The molecule has 0 radical (unpaired) electrons. The second-order valence-corrected chi connectivity index (χ2v) is 6.11. The van der Waals surface area contributed by atoms with E-state index in [2.05, 4.69) is 25.8 Å². The van der Waals surface area contributed by atoms with Crippen molar-refractivity contribution < 1.29 is 9.21 Å². The van der Waals surface area contributed by atoms with Crippen LogP contribution in [0.4, 0.5) is 0 Å². The van der Waals surface area contributed by atoms with Gasteiger partial charge in [0.2, 0.25) is 11.8 Å². The van der Waals surface area contributed by atoms with Crippen LogP contribution in [-0.4, -0.2) is 47.4 Å². The van der Waals surface area contributed by atoms with Gasteiger partial charge >= 0.3 is 0 Å². The first-order valence-corrected chi connectivity index (χ1v) is 7.19. The molecular weight excluding hydrogens is 254 g/mol. The van der Waals surface area contributed by atoms with Crippen LogP contribution in [0.3, 0.4) is 0 Å². The summed E-state index contributed by atoms with van der Waals surface area (Å²) in [5.41, 5.74) is -0.0408. The Bertz CT molecular complexity index is 431. The van der Waals surface area contributed by atoms with Gasteiger partial charge in [0.05, 0.1) is 19.3 Å². The van der Waals surface area contributed by atoms with Gasteiger partial charge in [0.15, 0.2) is 0 Å². The van der Waals surface area contributed by atoms with Gasteiger partial charge in [-0.15, -0.1) is 0 Å². The van der Waals surface area contributed by atoms with E-state index in [9.17, 15) is 4.79 Å². The molecule has 20 heavy (non-hydrogen) atoms. The van der Waals surface area contributed by atoms with Gasteiger partial charge < -0.3 is 9.32 Å². The van der Waals surface area contributed by atoms with E-state index in [0.717, 1.165) is 18.8 Å².